The highest BCUT2D eigenvalue weighted by molar-refractivity contribution is 5.83. The lowest BCUT2D eigenvalue weighted by molar-refractivity contribution is -0.921. The molecule has 4 N–H and O–H groups in total. The van der Waals surface area contributed by atoms with Crippen molar-refractivity contribution in [2.45, 2.75) is 19.9 Å². The maximum absolute atomic E-state index is 5.82. The van der Waals surface area contributed by atoms with E-state index < -0.39 is 0 Å². The van der Waals surface area contributed by atoms with Gasteiger partial charge in [0.2, 0.25) is 5.95 Å². The van der Waals surface area contributed by atoms with Gasteiger partial charge in [-0.25, -0.2) is 9.97 Å². The molecule has 2 aromatic rings. The standard InChI is InChI=1S/C12H19N7/c1-8(2)18-3-5-19(6-4-18)12-16-9-10(13)14-7-15-11(9)17-12/h7-8H,3-6H2,1-2H3,(H3,13,14,15,16,17)/p+1. The molecule has 0 saturated carbocycles. The number of quaternary nitrogens is 1. The van der Waals surface area contributed by atoms with E-state index in [1.54, 1.807) is 4.90 Å². The minimum atomic E-state index is 0.454. The Morgan fingerprint density at radius 2 is 2.05 bits per heavy atom. The van der Waals surface area contributed by atoms with Crippen molar-refractivity contribution in [3.8, 4) is 0 Å². The van der Waals surface area contributed by atoms with E-state index in [9.17, 15) is 0 Å². The molecule has 0 aliphatic carbocycles. The number of imidazole rings is 1. The summed E-state index contributed by atoms with van der Waals surface area (Å²) in [5.41, 5.74) is 7.19. The normalized spacial score (nSPS) is 17.5. The SMILES string of the molecule is CC(C)[NH+]1CCN(c2nc3ncnc(N)c3[nH]2)CC1. The zero-order valence-corrected chi connectivity index (χ0v) is 11.3. The molecule has 102 valence electrons. The molecule has 3 rings (SSSR count). The van der Waals surface area contributed by atoms with Crippen molar-refractivity contribution in [3.63, 3.8) is 0 Å². The summed E-state index contributed by atoms with van der Waals surface area (Å²) in [6.45, 7) is 8.80. The van der Waals surface area contributed by atoms with Crippen LogP contribution in [-0.4, -0.2) is 52.2 Å². The number of nitrogens with one attached hydrogen (secondary N) is 2. The van der Waals surface area contributed by atoms with Gasteiger partial charge in [0, 0.05) is 0 Å². The highest BCUT2D eigenvalue weighted by Gasteiger charge is 2.24. The number of hydrogen-bond acceptors (Lipinski definition) is 5. The number of aromatic amines is 1. The Kier molecular flexibility index (Phi) is 2.98. The number of nitrogens with two attached hydrogens (primary N) is 1. The van der Waals surface area contributed by atoms with Crippen LogP contribution in [0.3, 0.4) is 0 Å². The third-order valence-corrected chi connectivity index (χ3v) is 3.83. The predicted molar refractivity (Wildman–Crippen MR) is 74.1 cm³/mol. The van der Waals surface area contributed by atoms with Gasteiger partial charge in [-0.2, -0.15) is 4.98 Å². The van der Waals surface area contributed by atoms with Gasteiger partial charge in [0.05, 0.1) is 32.2 Å². The van der Waals surface area contributed by atoms with E-state index in [-0.39, 0.29) is 0 Å². The van der Waals surface area contributed by atoms with Crippen LogP contribution in [0.5, 0.6) is 0 Å². The summed E-state index contributed by atoms with van der Waals surface area (Å²) < 4.78 is 0. The van der Waals surface area contributed by atoms with Crippen LogP contribution in [0, 0.1) is 0 Å². The van der Waals surface area contributed by atoms with Gasteiger partial charge in [0.1, 0.15) is 11.8 Å². The summed E-state index contributed by atoms with van der Waals surface area (Å²) >= 11 is 0. The third-order valence-electron chi connectivity index (χ3n) is 3.83. The second-order valence-corrected chi connectivity index (χ2v) is 5.32. The van der Waals surface area contributed by atoms with Gasteiger partial charge in [-0.3, -0.25) is 0 Å². The minimum Gasteiger partial charge on any atom is -0.382 e. The molecule has 19 heavy (non-hydrogen) atoms. The number of piperazine rings is 1. The summed E-state index contributed by atoms with van der Waals surface area (Å²) in [5, 5.41) is 0. The molecular formula is C12H20N7+. The molecular weight excluding hydrogens is 242 g/mol. The lowest BCUT2D eigenvalue weighted by atomic mass is 10.2. The molecule has 7 nitrogen and oxygen atoms in total. The average molecular weight is 262 g/mol. The number of aromatic nitrogens is 4. The van der Waals surface area contributed by atoms with E-state index in [4.69, 9.17) is 5.73 Å². The first kappa shape index (κ1) is 12.2. The largest absolute Gasteiger partial charge is 0.382 e. The first-order valence-electron chi connectivity index (χ1n) is 6.71. The molecule has 1 aliphatic rings. The van der Waals surface area contributed by atoms with E-state index in [1.807, 2.05) is 0 Å². The monoisotopic (exact) mass is 262 g/mol. The van der Waals surface area contributed by atoms with Crippen molar-refractivity contribution in [1.29, 1.82) is 0 Å². The molecule has 0 bridgehead atoms. The van der Waals surface area contributed by atoms with E-state index >= 15 is 0 Å². The summed E-state index contributed by atoms with van der Waals surface area (Å²) in [5.74, 6) is 1.31. The van der Waals surface area contributed by atoms with Gasteiger partial charge in [-0.1, -0.05) is 0 Å². The Labute approximate surface area is 111 Å². The quantitative estimate of drug-likeness (QED) is 0.649. The molecule has 2 aromatic heterocycles. The molecule has 0 amide bonds. The molecule has 1 fully saturated rings. The number of nitrogen functional groups attached to an aromatic ring is 1. The van der Waals surface area contributed by atoms with Crippen molar-refractivity contribution < 1.29 is 4.90 Å². The minimum absolute atomic E-state index is 0.454. The number of fused-ring (bicyclic) bond motifs is 1. The Morgan fingerprint density at radius 3 is 2.68 bits per heavy atom. The Hall–Kier alpha value is -1.89. The first-order chi connectivity index (χ1) is 9.15. The number of nitrogens with zero attached hydrogens (tertiary/aromatic N) is 4. The zero-order chi connectivity index (χ0) is 13.4. The van der Waals surface area contributed by atoms with Crippen LogP contribution in [0.15, 0.2) is 6.33 Å². The molecule has 1 saturated heterocycles. The van der Waals surface area contributed by atoms with Crippen LogP contribution < -0.4 is 15.5 Å². The van der Waals surface area contributed by atoms with Crippen molar-refractivity contribution >= 4 is 22.9 Å². The maximum atomic E-state index is 5.82. The number of hydrogen-bond donors (Lipinski definition) is 3. The molecule has 0 spiro atoms. The van der Waals surface area contributed by atoms with Crippen molar-refractivity contribution in [2.75, 3.05) is 36.8 Å². The second-order valence-electron chi connectivity index (χ2n) is 5.32. The number of H-pyrrole nitrogens is 1. The summed E-state index contributed by atoms with van der Waals surface area (Å²) in [6, 6.07) is 0.680. The van der Waals surface area contributed by atoms with Crippen molar-refractivity contribution in [2.24, 2.45) is 0 Å². The van der Waals surface area contributed by atoms with Crippen LogP contribution in [0.4, 0.5) is 11.8 Å². The Balaban J connectivity index is 1.80. The summed E-state index contributed by atoms with van der Waals surface area (Å²) in [7, 11) is 0. The Bertz CT molecular complexity index is 568. The molecule has 0 unspecified atom stereocenters. The number of rotatable bonds is 2. The molecule has 1 aliphatic heterocycles. The predicted octanol–water partition coefficient (Wildman–Crippen LogP) is -0.952. The van der Waals surface area contributed by atoms with Crippen LogP contribution in [0.1, 0.15) is 13.8 Å². The average Bonchev–Trinajstić information content (AvgIpc) is 2.84. The van der Waals surface area contributed by atoms with Crippen LogP contribution in [0.25, 0.3) is 11.2 Å². The third kappa shape index (κ3) is 2.21. The van der Waals surface area contributed by atoms with Gasteiger partial charge in [0.25, 0.3) is 0 Å². The summed E-state index contributed by atoms with van der Waals surface area (Å²) in [6.07, 6.45) is 1.45. The molecule has 0 aromatic carbocycles. The fraction of sp³-hybridized carbons (Fsp3) is 0.583. The Morgan fingerprint density at radius 1 is 1.32 bits per heavy atom. The van der Waals surface area contributed by atoms with Crippen molar-refractivity contribution in [3.05, 3.63) is 6.33 Å². The van der Waals surface area contributed by atoms with Crippen LogP contribution in [0.2, 0.25) is 0 Å². The lowest BCUT2D eigenvalue weighted by Crippen LogP contribution is -3.17. The highest BCUT2D eigenvalue weighted by Crippen LogP contribution is 2.18. The molecule has 7 heteroatoms. The van der Waals surface area contributed by atoms with Gasteiger partial charge in [-0.15, -0.1) is 0 Å². The van der Waals surface area contributed by atoms with E-state index in [0.29, 0.717) is 17.5 Å². The topological polar surface area (TPSA) is 88.2 Å². The molecule has 0 radical (unpaired) electrons. The fourth-order valence-corrected chi connectivity index (χ4v) is 2.57. The van der Waals surface area contributed by atoms with E-state index in [1.165, 1.54) is 6.33 Å². The molecule has 0 atom stereocenters. The van der Waals surface area contributed by atoms with Gasteiger partial charge < -0.3 is 20.5 Å². The van der Waals surface area contributed by atoms with Gasteiger partial charge in [-0.05, 0) is 13.8 Å². The smallest absolute Gasteiger partial charge is 0.205 e. The van der Waals surface area contributed by atoms with Gasteiger partial charge >= 0.3 is 0 Å². The summed E-state index contributed by atoms with van der Waals surface area (Å²) in [4.78, 5) is 19.7. The van der Waals surface area contributed by atoms with Gasteiger partial charge in [0.15, 0.2) is 11.5 Å². The van der Waals surface area contributed by atoms with Crippen molar-refractivity contribution in [1.82, 2.24) is 19.9 Å². The first-order valence-corrected chi connectivity index (χ1v) is 6.71. The highest BCUT2D eigenvalue weighted by atomic mass is 15.3. The lowest BCUT2D eigenvalue weighted by Gasteiger charge is -2.34. The second kappa shape index (κ2) is 4.65. The fourth-order valence-electron chi connectivity index (χ4n) is 2.57. The number of anilines is 2. The van der Waals surface area contributed by atoms with E-state index in [2.05, 4.69) is 38.7 Å². The van der Waals surface area contributed by atoms with E-state index in [0.717, 1.165) is 37.6 Å². The van der Waals surface area contributed by atoms with Crippen LogP contribution >= 0.6 is 0 Å². The molecule has 3 heterocycles. The zero-order valence-electron chi connectivity index (χ0n) is 11.3. The maximum Gasteiger partial charge on any atom is 0.205 e. The van der Waals surface area contributed by atoms with Crippen LogP contribution in [-0.2, 0) is 0 Å².